The Hall–Kier alpha value is -1.44. The van der Waals surface area contributed by atoms with Crippen LogP contribution < -0.4 is 5.32 Å². The van der Waals surface area contributed by atoms with E-state index in [1.165, 1.54) is 4.31 Å². The molecule has 1 aromatic carbocycles. The number of hydrogen-bond donors (Lipinski definition) is 1. The molecule has 1 N–H and O–H groups in total. The molecule has 2 fully saturated rings. The normalized spacial score (nSPS) is 22.3. The molecule has 25 heavy (non-hydrogen) atoms. The van der Waals surface area contributed by atoms with Crippen molar-refractivity contribution in [2.45, 2.75) is 44.0 Å². The van der Waals surface area contributed by atoms with Crippen LogP contribution in [0, 0.1) is 13.8 Å². The predicted molar refractivity (Wildman–Crippen MR) is 96.9 cm³/mol. The third-order valence-corrected chi connectivity index (χ3v) is 7.18. The van der Waals surface area contributed by atoms with Gasteiger partial charge >= 0.3 is 0 Å². The van der Waals surface area contributed by atoms with E-state index in [-0.39, 0.29) is 11.9 Å². The van der Waals surface area contributed by atoms with Crippen LogP contribution in [-0.4, -0.2) is 62.3 Å². The highest BCUT2D eigenvalue weighted by Gasteiger charge is 2.31. The SMILES string of the molecule is Cc1ccc(C)c(S(=O)(=O)N2CCN(C(=O)CC3CCCN3)CC2)c1. The predicted octanol–water partition coefficient (Wildman–Crippen LogP) is 1.28. The maximum atomic E-state index is 12.9. The molecule has 1 unspecified atom stereocenters. The maximum Gasteiger partial charge on any atom is 0.243 e. The number of rotatable bonds is 4. The molecular formula is C18H27N3O3S. The van der Waals surface area contributed by atoms with E-state index in [0.717, 1.165) is 30.5 Å². The summed E-state index contributed by atoms with van der Waals surface area (Å²) in [6, 6.07) is 5.77. The van der Waals surface area contributed by atoms with Crippen LogP contribution in [-0.2, 0) is 14.8 Å². The van der Waals surface area contributed by atoms with E-state index in [9.17, 15) is 13.2 Å². The molecule has 3 rings (SSSR count). The topological polar surface area (TPSA) is 69.7 Å². The van der Waals surface area contributed by atoms with Gasteiger partial charge in [0.1, 0.15) is 0 Å². The molecular weight excluding hydrogens is 338 g/mol. The molecule has 2 aliphatic heterocycles. The Labute approximate surface area is 150 Å². The summed E-state index contributed by atoms with van der Waals surface area (Å²) in [6.07, 6.45) is 2.69. The summed E-state index contributed by atoms with van der Waals surface area (Å²) in [5.41, 5.74) is 1.69. The van der Waals surface area contributed by atoms with E-state index >= 15 is 0 Å². The van der Waals surface area contributed by atoms with Crippen molar-refractivity contribution in [3.63, 3.8) is 0 Å². The molecule has 2 saturated heterocycles. The number of carbonyl (C=O) groups excluding carboxylic acids is 1. The molecule has 0 bridgehead atoms. The summed E-state index contributed by atoms with van der Waals surface area (Å²) >= 11 is 0. The number of carbonyl (C=O) groups is 1. The van der Waals surface area contributed by atoms with E-state index in [4.69, 9.17) is 0 Å². The summed E-state index contributed by atoms with van der Waals surface area (Å²) in [5, 5.41) is 3.34. The van der Waals surface area contributed by atoms with Crippen LogP contribution in [0.4, 0.5) is 0 Å². The highest BCUT2D eigenvalue weighted by Crippen LogP contribution is 2.22. The van der Waals surface area contributed by atoms with Gasteiger partial charge in [0, 0.05) is 38.6 Å². The maximum absolute atomic E-state index is 12.9. The van der Waals surface area contributed by atoms with Crippen molar-refractivity contribution >= 4 is 15.9 Å². The zero-order valence-corrected chi connectivity index (χ0v) is 15.8. The smallest absolute Gasteiger partial charge is 0.243 e. The Balaban J connectivity index is 1.63. The number of nitrogens with one attached hydrogen (secondary N) is 1. The van der Waals surface area contributed by atoms with Crippen molar-refractivity contribution in [3.05, 3.63) is 29.3 Å². The highest BCUT2D eigenvalue weighted by atomic mass is 32.2. The first kappa shape index (κ1) is 18.4. The average molecular weight is 365 g/mol. The second-order valence-electron chi connectivity index (χ2n) is 7.05. The van der Waals surface area contributed by atoms with Gasteiger partial charge in [-0.1, -0.05) is 12.1 Å². The lowest BCUT2D eigenvalue weighted by atomic mass is 10.1. The Kier molecular flexibility index (Phi) is 5.46. The van der Waals surface area contributed by atoms with Gasteiger partial charge in [-0.3, -0.25) is 4.79 Å². The second-order valence-corrected chi connectivity index (χ2v) is 8.96. The fourth-order valence-electron chi connectivity index (χ4n) is 3.57. The van der Waals surface area contributed by atoms with Crippen LogP contribution in [0.3, 0.4) is 0 Å². The van der Waals surface area contributed by atoms with E-state index < -0.39 is 10.0 Å². The molecule has 2 heterocycles. The lowest BCUT2D eigenvalue weighted by Crippen LogP contribution is -2.51. The minimum absolute atomic E-state index is 0.128. The van der Waals surface area contributed by atoms with Crippen LogP contribution in [0.1, 0.15) is 30.4 Å². The van der Waals surface area contributed by atoms with Gasteiger partial charge in [0.05, 0.1) is 4.90 Å². The van der Waals surface area contributed by atoms with Crippen molar-refractivity contribution in [2.24, 2.45) is 0 Å². The molecule has 1 atom stereocenters. The van der Waals surface area contributed by atoms with E-state index in [0.29, 0.717) is 37.5 Å². The summed E-state index contributed by atoms with van der Waals surface area (Å²) in [5.74, 6) is 0.128. The fourth-order valence-corrected chi connectivity index (χ4v) is 5.30. The highest BCUT2D eigenvalue weighted by molar-refractivity contribution is 7.89. The molecule has 0 saturated carbocycles. The van der Waals surface area contributed by atoms with Gasteiger partial charge in [0.25, 0.3) is 0 Å². The van der Waals surface area contributed by atoms with Gasteiger partial charge in [-0.05, 0) is 50.4 Å². The van der Waals surface area contributed by atoms with E-state index in [1.54, 1.807) is 11.0 Å². The molecule has 0 radical (unpaired) electrons. The summed E-state index contributed by atoms with van der Waals surface area (Å²) in [4.78, 5) is 14.6. The number of hydrogen-bond acceptors (Lipinski definition) is 4. The van der Waals surface area contributed by atoms with Crippen LogP contribution >= 0.6 is 0 Å². The van der Waals surface area contributed by atoms with Crippen LogP contribution in [0.25, 0.3) is 0 Å². The van der Waals surface area contributed by atoms with E-state index in [1.807, 2.05) is 26.0 Å². The number of nitrogens with zero attached hydrogens (tertiary/aromatic N) is 2. The molecule has 1 aromatic rings. The summed E-state index contributed by atoms with van der Waals surface area (Å²) in [6.45, 7) is 6.36. The molecule has 0 aromatic heterocycles. The Morgan fingerprint density at radius 2 is 1.92 bits per heavy atom. The Bertz CT molecular complexity index is 734. The zero-order chi connectivity index (χ0) is 18.0. The monoisotopic (exact) mass is 365 g/mol. The molecule has 7 heteroatoms. The van der Waals surface area contributed by atoms with Gasteiger partial charge in [0.15, 0.2) is 0 Å². The minimum Gasteiger partial charge on any atom is -0.340 e. The Morgan fingerprint density at radius 3 is 2.56 bits per heavy atom. The van der Waals surface area contributed by atoms with Crippen LogP contribution in [0.5, 0.6) is 0 Å². The molecule has 138 valence electrons. The quantitative estimate of drug-likeness (QED) is 0.873. The minimum atomic E-state index is -3.50. The first-order valence-electron chi connectivity index (χ1n) is 8.96. The molecule has 2 aliphatic rings. The molecule has 0 spiro atoms. The van der Waals surface area contributed by atoms with E-state index in [2.05, 4.69) is 5.32 Å². The second kappa shape index (κ2) is 7.43. The third-order valence-electron chi connectivity index (χ3n) is 5.14. The molecule has 6 nitrogen and oxygen atoms in total. The van der Waals surface area contributed by atoms with Gasteiger partial charge < -0.3 is 10.2 Å². The third kappa shape index (κ3) is 4.04. The number of aryl methyl sites for hydroxylation is 2. The number of amides is 1. The van der Waals surface area contributed by atoms with Gasteiger partial charge in [-0.2, -0.15) is 4.31 Å². The van der Waals surface area contributed by atoms with Crippen molar-refractivity contribution in [3.8, 4) is 0 Å². The molecule has 1 amide bonds. The van der Waals surface area contributed by atoms with Crippen LogP contribution in [0.2, 0.25) is 0 Å². The van der Waals surface area contributed by atoms with Crippen molar-refractivity contribution < 1.29 is 13.2 Å². The summed E-state index contributed by atoms with van der Waals surface area (Å²) < 4.78 is 27.4. The fraction of sp³-hybridized carbons (Fsp3) is 0.611. The lowest BCUT2D eigenvalue weighted by Gasteiger charge is -2.34. The first-order chi connectivity index (χ1) is 11.9. The number of benzene rings is 1. The van der Waals surface area contributed by atoms with Crippen molar-refractivity contribution in [2.75, 3.05) is 32.7 Å². The molecule has 0 aliphatic carbocycles. The number of piperazine rings is 1. The largest absolute Gasteiger partial charge is 0.340 e. The first-order valence-corrected chi connectivity index (χ1v) is 10.4. The standard InChI is InChI=1S/C18H27N3O3S/c1-14-5-6-15(2)17(12-14)25(23,24)21-10-8-20(9-11-21)18(22)13-16-4-3-7-19-16/h5-6,12,16,19H,3-4,7-11,13H2,1-2H3. The lowest BCUT2D eigenvalue weighted by molar-refractivity contribution is -0.132. The summed E-state index contributed by atoms with van der Waals surface area (Å²) in [7, 11) is -3.50. The average Bonchev–Trinajstić information content (AvgIpc) is 3.10. The van der Waals surface area contributed by atoms with Gasteiger partial charge in [-0.15, -0.1) is 0 Å². The van der Waals surface area contributed by atoms with Crippen molar-refractivity contribution in [1.82, 2.24) is 14.5 Å². The van der Waals surface area contributed by atoms with Crippen molar-refractivity contribution in [1.29, 1.82) is 0 Å². The Morgan fingerprint density at radius 1 is 1.20 bits per heavy atom. The number of sulfonamides is 1. The van der Waals surface area contributed by atoms with Crippen LogP contribution in [0.15, 0.2) is 23.1 Å². The zero-order valence-electron chi connectivity index (χ0n) is 15.0. The van der Waals surface area contributed by atoms with Gasteiger partial charge in [-0.25, -0.2) is 8.42 Å². The van der Waals surface area contributed by atoms with Gasteiger partial charge in [0.2, 0.25) is 15.9 Å².